The number of carbonyl (C=O) groups is 3. The molecule has 0 spiro atoms. The van der Waals surface area contributed by atoms with Crippen LogP contribution in [-0.4, -0.2) is 87.9 Å². The fourth-order valence-corrected chi connectivity index (χ4v) is 6.06. The molecule has 0 radical (unpaired) electrons. The fourth-order valence-electron chi connectivity index (χ4n) is 6.06. The molecule has 2 fully saturated rings. The summed E-state index contributed by atoms with van der Waals surface area (Å²) in [6.45, 7) is 15.9. The zero-order valence-corrected chi connectivity index (χ0v) is 27.7. The molecule has 0 aliphatic carbocycles. The lowest BCUT2D eigenvalue weighted by Crippen LogP contribution is -2.54. The average molecular weight is 619 g/mol. The number of anilines is 2. The number of nitrogens with zero attached hydrogens (tertiary/aromatic N) is 5. The highest BCUT2D eigenvalue weighted by Crippen LogP contribution is 2.35. The molecule has 2 atom stereocenters. The minimum Gasteiger partial charge on any atom is -0.444 e. The fraction of sp³-hybridized carbons (Fsp3) is 0.529. The van der Waals surface area contributed by atoms with Gasteiger partial charge < -0.3 is 24.6 Å². The van der Waals surface area contributed by atoms with Crippen molar-refractivity contribution in [3.63, 3.8) is 0 Å². The van der Waals surface area contributed by atoms with Crippen molar-refractivity contribution in [2.45, 2.75) is 84.6 Å². The molecule has 1 N–H and O–H groups in total. The predicted octanol–water partition coefficient (Wildman–Crippen LogP) is 6.28. The number of hydrogen-bond acceptors (Lipinski definition) is 8. The quantitative estimate of drug-likeness (QED) is 0.364. The smallest absolute Gasteiger partial charge is 0.419 e. The Hall–Kier alpha value is -4.12. The lowest BCUT2D eigenvalue weighted by atomic mass is 10.1. The highest BCUT2D eigenvalue weighted by Gasteiger charge is 2.32. The van der Waals surface area contributed by atoms with Crippen molar-refractivity contribution < 1.29 is 23.9 Å². The van der Waals surface area contributed by atoms with E-state index in [4.69, 9.17) is 9.47 Å². The minimum absolute atomic E-state index is 0.0806. The van der Waals surface area contributed by atoms with Crippen molar-refractivity contribution in [2.24, 2.45) is 0 Å². The van der Waals surface area contributed by atoms with E-state index in [0.29, 0.717) is 36.5 Å². The number of hydrogen-bond donors (Lipinski definition) is 1. The molecule has 2 amide bonds. The van der Waals surface area contributed by atoms with Gasteiger partial charge in [0.25, 0.3) is 5.91 Å². The first kappa shape index (κ1) is 32.3. The Morgan fingerprint density at radius 2 is 1.58 bits per heavy atom. The van der Waals surface area contributed by atoms with Gasteiger partial charge in [-0.3, -0.25) is 9.69 Å². The molecule has 242 valence electrons. The van der Waals surface area contributed by atoms with E-state index in [9.17, 15) is 14.4 Å². The first-order chi connectivity index (χ1) is 21.1. The van der Waals surface area contributed by atoms with E-state index in [1.54, 1.807) is 33.9 Å². The van der Waals surface area contributed by atoms with Gasteiger partial charge in [-0.05, 0) is 105 Å². The number of ether oxygens (including phenoxy) is 2. The molecule has 5 rings (SSSR count). The molecule has 0 bridgehead atoms. The standard InChI is InChI=1S/C34H46N6O5/c1-22-21-38(31(42)44-33(2,3)4)16-17-39(22)25-13-11-23(12-14-25)30(41)36-29-19-27-24(20-35-29)18-28(26-10-9-15-37(26)8)40(27)32(43)45-34(5,6)7/h11-14,18-20,22,26H,9-10,15-17,21H2,1-8H3,(H,35,36,41)/t22-,26-/m1/s1. The van der Waals surface area contributed by atoms with Crippen molar-refractivity contribution in [1.82, 2.24) is 19.4 Å². The van der Waals surface area contributed by atoms with Crippen LogP contribution in [0.25, 0.3) is 10.9 Å². The molecule has 3 aromatic rings. The van der Waals surface area contributed by atoms with Gasteiger partial charge in [-0.25, -0.2) is 19.1 Å². The van der Waals surface area contributed by atoms with Crippen LogP contribution in [0.5, 0.6) is 0 Å². The second-order valence-corrected chi connectivity index (χ2v) is 14.1. The van der Waals surface area contributed by atoms with Gasteiger partial charge in [0.05, 0.1) is 11.6 Å². The Labute approximate surface area is 265 Å². The Balaban J connectivity index is 1.31. The van der Waals surface area contributed by atoms with Gasteiger partial charge in [-0.2, -0.15) is 0 Å². The lowest BCUT2D eigenvalue weighted by molar-refractivity contribution is 0.0218. The van der Waals surface area contributed by atoms with Gasteiger partial charge in [0, 0.05) is 60.3 Å². The second-order valence-electron chi connectivity index (χ2n) is 14.1. The molecule has 2 aliphatic heterocycles. The van der Waals surface area contributed by atoms with Crippen LogP contribution >= 0.6 is 0 Å². The number of nitrogens with one attached hydrogen (secondary N) is 1. The molecule has 11 nitrogen and oxygen atoms in total. The first-order valence-electron chi connectivity index (χ1n) is 15.7. The van der Waals surface area contributed by atoms with E-state index in [0.717, 1.165) is 36.2 Å². The Kier molecular flexibility index (Phi) is 8.86. The van der Waals surface area contributed by atoms with Crippen LogP contribution in [0.3, 0.4) is 0 Å². The SMILES string of the molecule is C[C@@H]1CN(C(=O)OC(C)(C)C)CCN1c1ccc(C(=O)Nc2cc3c(cn2)cc([C@H]2CCCN2C)n3C(=O)OC(C)(C)C)cc1. The number of piperazine rings is 1. The molecule has 2 aliphatic rings. The molecule has 4 heterocycles. The van der Waals surface area contributed by atoms with Crippen LogP contribution in [-0.2, 0) is 9.47 Å². The topological polar surface area (TPSA) is 109 Å². The summed E-state index contributed by atoms with van der Waals surface area (Å²) in [5.74, 6) is 0.0417. The number of amides is 2. The van der Waals surface area contributed by atoms with Crippen molar-refractivity contribution in [3.8, 4) is 0 Å². The van der Waals surface area contributed by atoms with E-state index in [2.05, 4.69) is 34.1 Å². The highest BCUT2D eigenvalue weighted by atomic mass is 16.6. The Bertz CT molecular complexity index is 1570. The molecule has 0 saturated carbocycles. The van der Waals surface area contributed by atoms with E-state index in [1.165, 1.54) is 0 Å². The second kappa shape index (κ2) is 12.3. The molecular formula is C34H46N6O5. The van der Waals surface area contributed by atoms with Crippen LogP contribution in [0.4, 0.5) is 21.1 Å². The minimum atomic E-state index is -0.660. The van der Waals surface area contributed by atoms with Crippen molar-refractivity contribution in [1.29, 1.82) is 0 Å². The van der Waals surface area contributed by atoms with Crippen molar-refractivity contribution >= 4 is 40.5 Å². The van der Waals surface area contributed by atoms with Gasteiger partial charge in [0.2, 0.25) is 0 Å². The summed E-state index contributed by atoms with van der Waals surface area (Å²) in [4.78, 5) is 50.0. The van der Waals surface area contributed by atoms with Gasteiger partial charge in [-0.15, -0.1) is 0 Å². The monoisotopic (exact) mass is 618 g/mol. The lowest BCUT2D eigenvalue weighted by Gasteiger charge is -2.41. The summed E-state index contributed by atoms with van der Waals surface area (Å²) < 4.78 is 13.0. The van der Waals surface area contributed by atoms with Crippen LogP contribution in [0.1, 0.15) is 83.4 Å². The molecular weight excluding hydrogens is 572 g/mol. The molecule has 11 heteroatoms. The third kappa shape index (κ3) is 7.41. The normalized spacial score (nSPS) is 19.6. The van der Waals surface area contributed by atoms with Gasteiger partial charge in [-0.1, -0.05) is 0 Å². The van der Waals surface area contributed by atoms with Crippen LogP contribution in [0.2, 0.25) is 0 Å². The van der Waals surface area contributed by atoms with Crippen LogP contribution in [0, 0.1) is 0 Å². The Morgan fingerprint density at radius 1 is 0.911 bits per heavy atom. The molecule has 2 aromatic heterocycles. The van der Waals surface area contributed by atoms with Crippen LogP contribution in [0.15, 0.2) is 42.6 Å². The largest absolute Gasteiger partial charge is 0.444 e. The van der Waals surface area contributed by atoms with Crippen LogP contribution < -0.4 is 10.2 Å². The van der Waals surface area contributed by atoms with Gasteiger partial charge in [0.1, 0.15) is 17.0 Å². The summed E-state index contributed by atoms with van der Waals surface area (Å²) in [6.07, 6.45) is 2.93. The average Bonchev–Trinajstić information content (AvgIpc) is 3.54. The third-order valence-electron chi connectivity index (χ3n) is 8.13. The number of fused-ring (bicyclic) bond motifs is 1. The summed E-state index contributed by atoms with van der Waals surface area (Å²) in [6, 6.07) is 11.3. The van der Waals surface area contributed by atoms with E-state index in [1.807, 2.05) is 59.7 Å². The summed E-state index contributed by atoms with van der Waals surface area (Å²) in [7, 11) is 2.06. The molecule has 1 aromatic carbocycles. The maximum absolute atomic E-state index is 13.5. The summed E-state index contributed by atoms with van der Waals surface area (Å²) in [5.41, 5.74) is 1.76. The maximum atomic E-state index is 13.5. The number of likely N-dealkylation sites (tertiary alicyclic amines) is 1. The molecule has 45 heavy (non-hydrogen) atoms. The summed E-state index contributed by atoms with van der Waals surface area (Å²) in [5, 5.41) is 3.70. The third-order valence-corrected chi connectivity index (χ3v) is 8.13. The maximum Gasteiger partial charge on any atom is 0.419 e. The molecule has 2 saturated heterocycles. The number of benzene rings is 1. The number of aromatic nitrogens is 2. The summed E-state index contributed by atoms with van der Waals surface area (Å²) >= 11 is 0. The first-order valence-corrected chi connectivity index (χ1v) is 15.7. The number of pyridine rings is 1. The number of carbonyl (C=O) groups excluding carboxylic acids is 3. The van der Waals surface area contributed by atoms with Crippen molar-refractivity contribution in [2.75, 3.05) is 43.4 Å². The van der Waals surface area contributed by atoms with Gasteiger partial charge >= 0.3 is 12.2 Å². The van der Waals surface area contributed by atoms with E-state index in [-0.39, 0.29) is 24.1 Å². The Morgan fingerprint density at radius 3 is 2.18 bits per heavy atom. The zero-order valence-electron chi connectivity index (χ0n) is 27.7. The zero-order chi connectivity index (χ0) is 32.7. The van der Waals surface area contributed by atoms with E-state index < -0.39 is 17.3 Å². The van der Waals surface area contributed by atoms with Crippen molar-refractivity contribution in [3.05, 3.63) is 53.9 Å². The predicted molar refractivity (Wildman–Crippen MR) is 175 cm³/mol. The van der Waals surface area contributed by atoms with E-state index >= 15 is 0 Å². The molecule has 0 unspecified atom stereocenters. The highest BCUT2D eigenvalue weighted by molar-refractivity contribution is 6.05. The number of rotatable bonds is 4. The van der Waals surface area contributed by atoms with Gasteiger partial charge in [0.15, 0.2) is 0 Å².